The van der Waals surface area contributed by atoms with E-state index in [1.165, 1.54) is 22.5 Å². The number of aryl methyl sites for hydroxylation is 1. The summed E-state index contributed by atoms with van der Waals surface area (Å²) in [5.74, 6) is 0.731. The number of fused-ring (bicyclic) bond motifs is 1. The lowest BCUT2D eigenvalue weighted by Gasteiger charge is -1.97. The van der Waals surface area contributed by atoms with Gasteiger partial charge in [-0.05, 0) is 36.3 Å². The van der Waals surface area contributed by atoms with Crippen LogP contribution in [0.4, 0.5) is 0 Å². The summed E-state index contributed by atoms with van der Waals surface area (Å²) in [6, 6.07) is 12.1. The summed E-state index contributed by atoms with van der Waals surface area (Å²) in [5.41, 5.74) is 3.38. The average molecular weight is 319 g/mol. The minimum absolute atomic E-state index is 0.731. The number of aromatic nitrogens is 5. The highest BCUT2D eigenvalue weighted by atomic mass is 32.1. The third-order valence-corrected chi connectivity index (χ3v) is 4.40. The molecule has 0 aliphatic rings. The number of nitrogens with zero attached hydrogens (tertiary/aromatic N) is 5. The summed E-state index contributed by atoms with van der Waals surface area (Å²) >= 11 is 1.51. The highest BCUT2D eigenvalue weighted by Gasteiger charge is 2.11. The van der Waals surface area contributed by atoms with Crippen LogP contribution in [0.5, 0.6) is 0 Å². The second-order valence-electron chi connectivity index (χ2n) is 5.08. The SMILES string of the molecule is Cc1ccccc1/C=C/c1nn2c(-c3ccncc3)nnc2s1. The molecule has 112 valence electrons. The highest BCUT2D eigenvalue weighted by Crippen LogP contribution is 2.22. The van der Waals surface area contributed by atoms with Crippen LogP contribution in [0.2, 0.25) is 0 Å². The highest BCUT2D eigenvalue weighted by molar-refractivity contribution is 7.17. The van der Waals surface area contributed by atoms with Crippen LogP contribution < -0.4 is 0 Å². The molecule has 0 bridgehead atoms. The number of pyridine rings is 1. The van der Waals surface area contributed by atoms with E-state index in [0.717, 1.165) is 21.4 Å². The molecule has 0 radical (unpaired) electrons. The molecule has 0 N–H and O–H groups in total. The lowest BCUT2D eigenvalue weighted by Crippen LogP contribution is -1.90. The Kier molecular flexibility index (Phi) is 3.44. The number of hydrogen-bond acceptors (Lipinski definition) is 5. The first kappa shape index (κ1) is 13.8. The van der Waals surface area contributed by atoms with E-state index in [1.54, 1.807) is 16.9 Å². The van der Waals surface area contributed by atoms with Gasteiger partial charge in [-0.2, -0.15) is 9.61 Å². The number of hydrogen-bond donors (Lipinski definition) is 0. The Labute approximate surface area is 137 Å². The molecule has 0 unspecified atom stereocenters. The number of benzene rings is 1. The maximum atomic E-state index is 4.60. The molecule has 0 saturated carbocycles. The van der Waals surface area contributed by atoms with Crippen LogP contribution in [0.15, 0.2) is 48.8 Å². The second-order valence-corrected chi connectivity index (χ2v) is 6.07. The van der Waals surface area contributed by atoms with E-state index in [9.17, 15) is 0 Å². The maximum Gasteiger partial charge on any atom is 0.235 e. The van der Waals surface area contributed by atoms with Gasteiger partial charge in [0.2, 0.25) is 4.96 Å². The summed E-state index contributed by atoms with van der Waals surface area (Å²) < 4.78 is 1.78. The van der Waals surface area contributed by atoms with Gasteiger partial charge < -0.3 is 0 Å². The molecule has 4 rings (SSSR count). The molecule has 23 heavy (non-hydrogen) atoms. The Bertz CT molecular complexity index is 985. The van der Waals surface area contributed by atoms with Crippen molar-refractivity contribution in [2.45, 2.75) is 6.92 Å². The van der Waals surface area contributed by atoms with Crippen molar-refractivity contribution in [1.29, 1.82) is 0 Å². The summed E-state index contributed by atoms with van der Waals surface area (Å²) in [7, 11) is 0. The molecular formula is C17H13N5S. The van der Waals surface area contributed by atoms with Crippen molar-refractivity contribution in [3.05, 3.63) is 64.9 Å². The van der Waals surface area contributed by atoms with Gasteiger partial charge in [0.25, 0.3) is 0 Å². The number of rotatable bonds is 3. The van der Waals surface area contributed by atoms with Gasteiger partial charge in [0.1, 0.15) is 5.01 Å². The van der Waals surface area contributed by atoms with Crippen molar-refractivity contribution < 1.29 is 0 Å². The van der Waals surface area contributed by atoms with Gasteiger partial charge in [0, 0.05) is 18.0 Å². The minimum atomic E-state index is 0.731. The first-order valence-corrected chi connectivity index (χ1v) is 7.99. The summed E-state index contributed by atoms with van der Waals surface area (Å²) in [6.07, 6.45) is 7.56. The van der Waals surface area contributed by atoms with Crippen LogP contribution in [-0.4, -0.2) is 24.8 Å². The summed E-state index contributed by atoms with van der Waals surface area (Å²) in [6.45, 7) is 2.10. The quantitative estimate of drug-likeness (QED) is 0.577. The standard InChI is InChI=1S/C17H13N5S/c1-12-4-2-3-5-13(12)6-7-15-21-22-16(19-20-17(22)23-15)14-8-10-18-11-9-14/h2-11H,1H3/b7-6+. The van der Waals surface area contributed by atoms with Gasteiger partial charge in [-0.25, -0.2) is 0 Å². The smallest absolute Gasteiger partial charge is 0.235 e. The third-order valence-electron chi connectivity index (χ3n) is 3.54. The van der Waals surface area contributed by atoms with E-state index in [1.807, 2.05) is 30.3 Å². The fourth-order valence-electron chi connectivity index (χ4n) is 2.31. The molecule has 0 saturated heterocycles. The molecule has 6 heteroatoms. The molecule has 3 heterocycles. The Hall–Kier alpha value is -2.86. The van der Waals surface area contributed by atoms with Crippen molar-refractivity contribution in [2.24, 2.45) is 0 Å². The Balaban J connectivity index is 1.71. The van der Waals surface area contributed by atoms with Gasteiger partial charge in [-0.3, -0.25) is 4.98 Å². The zero-order chi connectivity index (χ0) is 15.6. The van der Waals surface area contributed by atoms with Crippen LogP contribution in [0.3, 0.4) is 0 Å². The van der Waals surface area contributed by atoms with Crippen molar-refractivity contribution in [3.8, 4) is 11.4 Å². The van der Waals surface area contributed by atoms with Crippen molar-refractivity contribution in [2.75, 3.05) is 0 Å². The molecule has 0 aliphatic carbocycles. The molecule has 0 spiro atoms. The topological polar surface area (TPSA) is 56.0 Å². The average Bonchev–Trinajstić information content (AvgIpc) is 3.15. The largest absolute Gasteiger partial charge is 0.265 e. The predicted octanol–water partition coefficient (Wildman–Crippen LogP) is 3.73. The second kappa shape index (κ2) is 5.73. The molecule has 4 aromatic rings. The first-order valence-electron chi connectivity index (χ1n) is 7.17. The van der Waals surface area contributed by atoms with Gasteiger partial charge in [-0.15, -0.1) is 10.2 Å². The minimum Gasteiger partial charge on any atom is -0.265 e. The zero-order valence-electron chi connectivity index (χ0n) is 12.4. The van der Waals surface area contributed by atoms with Gasteiger partial charge >= 0.3 is 0 Å². The fraction of sp³-hybridized carbons (Fsp3) is 0.0588. The van der Waals surface area contributed by atoms with E-state index in [-0.39, 0.29) is 0 Å². The monoisotopic (exact) mass is 319 g/mol. The predicted molar refractivity (Wildman–Crippen MR) is 92.0 cm³/mol. The molecular weight excluding hydrogens is 306 g/mol. The molecule has 0 atom stereocenters. The van der Waals surface area contributed by atoms with E-state index in [2.05, 4.69) is 45.4 Å². The third kappa shape index (κ3) is 2.64. The van der Waals surface area contributed by atoms with Crippen LogP contribution in [0, 0.1) is 6.92 Å². The Morgan fingerprint density at radius 2 is 1.83 bits per heavy atom. The van der Waals surface area contributed by atoms with E-state index >= 15 is 0 Å². The van der Waals surface area contributed by atoms with E-state index < -0.39 is 0 Å². The van der Waals surface area contributed by atoms with Gasteiger partial charge in [-0.1, -0.05) is 41.7 Å². The van der Waals surface area contributed by atoms with Crippen LogP contribution in [0.25, 0.3) is 28.5 Å². The van der Waals surface area contributed by atoms with Crippen LogP contribution in [0.1, 0.15) is 16.1 Å². The van der Waals surface area contributed by atoms with Crippen LogP contribution in [-0.2, 0) is 0 Å². The zero-order valence-corrected chi connectivity index (χ0v) is 13.2. The lowest BCUT2D eigenvalue weighted by atomic mass is 10.1. The summed E-state index contributed by atoms with van der Waals surface area (Å²) in [4.78, 5) is 4.80. The molecule has 3 aromatic heterocycles. The van der Waals surface area contributed by atoms with Gasteiger partial charge in [0.15, 0.2) is 5.82 Å². The molecule has 0 amide bonds. The fourth-order valence-corrected chi connectivity index (χ4v) is 3.06. The summed E-state index contributed by atoms with van der Waals surface area (Å²) in [5, 5.41) is 13.9. The van der Waals surface area contributed by atoms with E-state index in [0.29, 0.717) is 0 Å². The Morgan fingerprint density at radius 3 is 2.65 bits per heavy atom. The molecule has 0 aliphatic heterocycles. The van der Waals surface area contributed by atoms with E-state index in [4.69, 9.17) is 0 Å². The normalized spacial score (nSPS) is 11.5. The van der Waals surface area contributed by atoms with Crippen molar-refractivity contribution >= 4 is 28.4 Å². The lowest BCUT2D eigenvalue weighted by molar-refractivity contribution is 0.959. The van der Waals surface area contributed by atoms with Crippen molar-refractivity contribution in [1.82, 2.24) is 24.8 Å². The Morgan fingerprint density at radius 1 is 1.00 bits per heavy atom. The first-order chi connectivity index (χ1) is 11.3. The van der Waals surface area contributed by atoms with Crippen LogP contribution >= 0.6 is 11.3 Å². The van der Waals surface area contributed by atoms with Gasteiger partial charge in [0.05, 0.1) is 0 Å². The molecule has 1 aromatic carbocycles. The van der Waals surface area contributed by atoms with Crippen molar-refractivity contribution in [3.63, 3.8) is 0 Å². The molecule has 0 fully saturated rings. The molecule has 5 nitrogen and oxygen atoms in total. The maximum absolute atomic E-state index is 4.60.